The standard InChI is InChI=1S/C13H16N2O3S/c1-4-8(5-2)11(16)15-12-9(6-14)7(3)10(19-12)13(17)18/h8H,4-5H2,1-3H3,(H,15,16)(H,17,18). The van der Waals surface area contributed by atoms with Crippen molar-refractivity contribution in [3.8, 4) is 6.07 Å². The van der Waals surface area contributed by atoms with Crippen LogP contribution >= 0.6 is 11.3 Å². The van der Waals surface area contributed by atoms with Crippen LogP contribution in [0.3, 0.4) is 0 Å². The summed E-state index contributed by atoms with van der Waals surface area (Å²) in [5.74, 6) is -1.37. The normalized spacial score (nSPS) is 10.3. The monoisotopic (exact) mass is 280 g/mol. The molecular weight excluding hydrogens is 264 g/mol. The molecule has 2 N–H and O–H groups in total. The predicted octanol–water partition coefficient (Wildman–Crippen LogP) is 3.00. The third-order valence-electron chi connectivity index (χ3n) is 3.05. The lowest BCUT2D eigenvalue weighted by atomic mass is 10.0. The molecule has 6 heteroatoms. The second-order valence-corrected chi connectivity index (χ2v) is 5.20. The van der Waals surface area contributed by atoms with Gasteiger partial charge in [-0.15, -0.1) is 11.3 Å². The molecule has 0 unspecified atom stereocenters. The Morgan fingerprint density at radius 3 is 2.42 bits per heavy atom. The maximum atomic E-state index is 12.0. The van der Waals surface area contributed by atoms with Gasteiger partial charge in [0.05, 0.1) is 5.56 Å². The van der Waals surface area contributed by atoms with E-state index in [1.165, 1.54) is 0 Å². The van der Waals surface area contributed by atoms with Gasteiger partial charge < -0.3 is 10.4 Å². The van der Waals surface area contributed by atoms with E-state index in [9.17, 15) is 9.59 Å². The zero-order valence-electron chi connectivity index (χ0n) is 11.1. The molecule has 0 saturated carbocycles. The smallest absolute Gasteiger partial charge is 0.346 e. The number of rotatable bonds is 5. The molecule has 1 rings (SSSR count). The lowest BCUT2D eigenvalue weighted by Gasteiger charge is -2.11. The van der Waals surface area contributed by atoms with Gasteiger partial charge in [-0.05, 0) is 25.3 Å². The Balaban J connectivity index is 3.09. The van der Waals surface area contributed by atoms with Gasteiger partial charge in [0.1, 0.15) is 15.9 Å². The Kier molecular flexibility index (Phi) is 5.07. The number of amides is 1. The van der Waals surface area contributed by atoms with Crippen LogP contribution in [0.2, 0.25) is 0 Å². The molecule has 0 saturated heterocycles. The number of aromatic carboxylic acids is 1. The highest BCUT2D eigenvalue weighted by atomic mass is 32.1. The SMILES string of the molecule is CCC(CC)C(=O)Nc1sc(C(=O)O)c(C)c1C#N. The summed E-state index contributed by atoms with van der Waals surface area (Å²) in [6.07, 6.45) is 1.42. The van der Waals surface area contributed by atoms with Crippen LogP contribution in [-0.2, 0) is 4.79 Å². The van der Waals surface area contributed by atoms with Crippen molar-refractivity contribution in [1.29, 1.82) is 5.26 Å². The predicted molar refractivity (Wildman–Crippen MR) is 73.4 cm³/mol. The van der Waals surface area contributed by atoms with E-state index in [1.807, 2.05) is 19.9 Å². The molecule has 0 spiro atoms. The maximum Gasteiger partial charge on any atom is 0.346 e. The fourth-order valence-corrected chi connectivity index (χ4v) is 2.81. The number of carbonyl (C=O) groups excluding carboxylic acids is 1. The van der Waals surface area contributed by atoms with Gasteiger partial charge in [-0.25, -0.2) is 4.79 Å². The number of nitrogens with zero attached hydrogens (tertiary/aromatic N) is 1. The number of hydrogen-bond donors (Lipinski definition) is 2. The van der Waals surface area contributed by atoms with Gasteiger partial charge in [0.25, 0.3) is 0 Å². The van der Waals surface area contributed by atoms with E-state index < -0.39 is 5.97 Å². The van der Waals surface area contributed by atoms with E-state index in [-0.39, 0.29) is 22.3 Å². The zero-order chi connectivity index (χ0) is 14.6. The van der Waals surface area contributed by atoms with E-state index in [4.69, 9.17) is 10.4 Å². The molecule has 0 atom stereocenters. The summed E-state index contributed by atoms with van der Waals surface area (Å²) in [7, 11) is 0. The van der Waals surface area contributed by atoms with Crippen LogP contribution in [0.4, 0.5) is 5.00 Å². The number of hydrogen-bond acceptors (Lipinski definition) is 4. The lowest BCUT2D eigenvalue weighted by Crippen LogP contribution is -2.21. The first-order chi connectivity index (χ1) is 8.96. The zero-order valence-corrected chi connectivity index (χ0v) is 11.9. The Morgan fingerprint density at radius 1 is 1.42 bits per heavy atom. The van der Waals surface area contributed by atoms with Crippen molar-refractivity contribution in [3.63, 3.8) is 0 Å². The lowest BCUT2D eigenvalue weighted by molar-refractivity contribution is -0.120. The number of carbonyl (C=O) groups is 2. The molecule has 1 amide bonds. The van der Waals surface area contributed by atoms with E-state index in [1.54, 1.807) is 6.92 Å². The number of carboxylic acid groups (broad SMARTS) is 1. The number of thiophene rings is 1. The highest BCUT2D eigenvalue weighted by Crippen LogP contribution is 2.33. The number of carboxylic acids is 1. The quantitative estimate of drug-likeness (QED) is 0.867. The van der Waals surface area contributed by atoms with Crippen molar-refractivity contribution < 1.29 is 14.7 Å². The van der Waals surface area contributed by atoms with Crippen molar-refractivity contribution >= 4 is 28.2 Å². The van der Waals surface area contributed by atoms with Crippen LogP contribution in [0.25, 0.3) is 0 Å². The molecule has 0 aromatic carbocycles. The van der Waals surface area contributed by atoms with Gasteiger partial charge >= 0.3 is 5.97 Å². The van der Waals surface area contributed by atoms with E-state index in [2.05, 4.69) is 5.32 Å². The van der Waals surface area contributed by atoms with Crippen molar-refractivity contribution in [1.82, 2.24) is 0 Å². The first-order valence-corrected chi connectivity index (χ1v) is 6.85. The summed E-state index contributed by atoms with van der Waals surface area (Å²) < 4.78 is 0. The fraction of sp³-hybridized carbons (Fsp3) is 0.462. The second kappa shape index (κ2) is 6.34. The maximum absolute atomic E-state index is 12.0. The Morgan fingerprint density at radius 2 is 2.00 bits per heavy atom. The molecule has 0 fully saturated rings. The Bertz CT molecular complexity index is 539. The van der Waals surface area contributed by atoms with Crippen LogP contribution in [0, 0.1) is 24.2 Å². The van der Waals surface area contributed by atoms with Crippen LogP contribution in [-0.4, -0.2) is 17.0 Å². The van der Waals surface area contributed by atoms with Crippen molar-refractivity contribution in [2.45, 2.75) is 33.6 Å². The highest BCUT2D eigenvalue weighted by Gasteiger charge is 2.22. The molecule has 0 radical (unpaired) electrons. The van der Waals surface area contributed by atoms with Gasteiger partial charge in [-0.1, -0.05) is 13.8 Å². The third-order valence-corrected chi connectivity index (χ3v) is 4.24. The van der Waals surface area contributed by atoms with E-state index in [0.717, 1.165) is 11.3 Å². The summed E-state index contributed by atoms with van der Waals surface area (Å²) >= 11 is 0.932. The fourth-order valence-electron chi connectivity index (χ4n) is 1.81. The first-order valence-electron chi connectivity index (χ1n) is 6.03. The van der Waals surface area contributed by atoms with Gasteiger partial charge in [0.2, 0.25) is 5.91 Å². The van der Waals surface area contributed by atoms with Crippen LogP contribution in [0.5, 0.6) is 0 Å². The topological polar surface area (TPSA) is 90.2 Å². The summed E-state index contributed by atoms with van der Waals surface area (Å²) in [6.45, 7) is 5.41. The molecule has 1 aromatic heterocycles. The van der Waals surface area contributed by atoms with Gasteiger partial charge in [0.15, 0.2) is 0 Å². The van der Waals surface area contributed by atoms with Crippen LogP contribution in [0.15, 0.2) is 0 Å². The summed E-state index contributed by atoms with van der Waals surface area (Å²) in [6, 6.07) is 1.95. The summed E-state index contributed by atoms with van der Waals surface area (Å²) in [4.78, 5) is 23.1. The molecule has 1 aromatic rings. The number of nitrogens with one attached hydrogen (secondary N) is 1. The first kappa shape index (κ1) is 15.2. The Hall–Kier alpha value is -1.87. The third kappa shape index (κ3) is 3.12. The minimum absolute atomic E-state index is 0.0939. The minimum Gasteiger partial charge on any atom is -0.477 e. The van der Waals surface area contributed by atoms with Gasteiger partial charge in [-0.2, -0.15) is 5.26 Å². The molecule has 0 aliphatic carbocycles. The molecule has 0 aliphatic heterocycles. The highest BCUT2D eigenvalue weighted by molar-refractivity contribution is 7.18. The van der Waals surface area contributed by atoms with Gasteiger partial charge in [-0.3, -0.25) is 4.79 Å². The molecule has 0 bridgehead atoms. The average molecular weight is 280 g/mol. The molecule has 1 heterocycles. The van der Waals surface area contributed by atoms with E-state index >= 15 is 0 Å². The van der Waals surface area contributed by atoms with Crippen LogP contribution < -0.4 is 5.32 Å². The summed E-state index contributed by atoms with van der Waals surface area (Å²) in [5.41, 5.74) is 0.640. The summed E-state index contributed by atoms with van der Waals surface area (Å²) in [5, 5.41) is 21.1. The van der Waals surface area contributed by atoms with Crippen LogP contribution in [0.1, 0.15) is 47.5 Å². The van der Waals surface area contributed by atoms with Crippen molar-refractivity contribution in [2.24, 2.45) is 5.92 Å². The van der Waals surface area contributed by atoms with E-state index in [0.29, 0.717) is 23.4 Å². The average Bonchev–Trinajstić information content (AvgIpc) is 2.67. The second-order valence-electron chi connectivity index (χ2n) is 4.18. The Labute approximate surface area is 115 Å². The largest absolute Gasteiger partial charge is 0.477 e. The number of nitriles is 1. The van der Waals surface area contributed by atoms with Crippen molar-refractivity contribution in [2.75, 3.05) is 5.32 Å². The molecule has 5 nitrogen and oxygen atoms in total. The molecule has 0 aliphatic rings. The molecule has 102 valence electrons. The molecular formula is C13H16N2O3S. The molecule has 19 heavy (non-hydrogen) atoms. The number of anilines is 1. The van der Waals surface area contributed by atoms with Gasteiger partial charge in [0, 0.05) is 5.92 Å². The van der Waals surface area contributed by atoms with Crippen molar-refractivity contribution in [3.05, 3.63) is 16.0 Å². The minimum atomic E-state index is -1.08.